The van der Waals surface area contributed by atoms with E-state index in [1.807, 2.05) is 18.2 Å². The van der Waals surface area contributed by atoms with Gasteiger partial charge in [0.1, 0.15) is 16.7 Å². The van der Waals surface area contributed by atoms with E-state index in [0.717, 1.165) is 24.2 Å². The molecule has 1 heterocycles. The first-order valence-corrected chi connectivity index (χ1v) is 12.8. The number of hydrogen-bond donors (Lipinski definition) is 0. The van der Waals surface area contributed by atoms with Gasteiger partial charge in [-0.2, -0.15) is 5.26 Å². The van der Waals surface area contributed by atoms with E-state index in [0.29, 0.717) is 16.0 Å². The summed E-state index contributed by atoms with van der Waals surface area (Å²) < 4.78 is 17.2. The summed E-state index contributed by atoms with van der Waals surface area (Å²) >= 11 is 5.26. The third-order valence-electron chi connectivity index (χ3n) is 4.44. The van der Waals surface area contributed by atoms with Crippen LogP contribution in [-0.2, 0) is 20.7 Å². The predicted octanol–water partition coefficient (Wildman–Crippen LogP) is 5.35. The molecule has 0 saturated carbocycles. The minimum absolute atomic E-state index is 0.0645. The van der Waals surface area contributed by atoms with Gasteiger partial charge in [-0.1, -0.05) is 0 Å². The maximum absolute atomic E-state index is 13.0. The lowest BCUT2D eigenvalue weighted by Gasteiger charge is -2.08. The molecule has 1 aromatic heterocycles. The van der Waals surface area contributed by atoms with Crippen LogP contribution in [0.3, 0.4) is 0 Å². The van der Waals surface area contributed by atoms with Gasteiger partial charge in [0.2, 0.25) is 0 Å². The van der Waals surface area contributed by atoms with Gasteiger partial charge in [-0.3, -0.25) is 4.79 Å². The van der Waals surface area contributed by atoms with Gasteiger partial charge in [0.05, 0.1) is 38.6 Å². The van der Waals surface area contributed by atoms with Gasteiger partial charge in [-0.25, -0.2) is 9.59 Å². The number of rotatable bonds is 9. The van der Waals surface area contributed by atoms with Gasteiger partial charge >= 0.3 is 11.9 Å². The molecule has 2 rings (SSSR count). The summed E-state index contributed by atoms with van der Waals surface area (Å²) in [6.45, 7) is 5.30. The Balaban J connectivity index is 2.46. The zero-order valence-electron chi connectivity index (χ0n) is 18.4. The Morgan fingerprint density at radius 2 is 1.67 bits per heavy atom. The van der Waals surface area contributed by atoms with Crippen molar-refractivity contribution < 1.29 is 28.6 Å². The molecule has 33 heavy (non-hydrogen) atoms. The minimum atomic E-state index is -0.619. The quantitative estimate of drug-likeness (QED) is 0.151. The van der Waals surface area contributed by atoms with E-state index in [2.05, 4.69) is 45.2 Å². The van der Waals surface area contributed by atoms with Crippen LogP contribution in [0, 0.1) is 25.4 Å². The van der Waals surface area contributed by atoms with Crippen molar-refractivity contribution in [2.45, 2.75) is 27.2 Å². The summed E-state index contributed by atoms with van der Waals surface area (Å²) in [5.74, 6) is -0.938. The van der Waals surface area contributed by atoms with Crippen LogP contribution in [0.1, 0.15) is 49.9 Å². The Morgan fingerprint density at radius 3 is 2.18 bits per heavy atom. The molecule has 0 fully saturated rings. The highest BCUT2D eigenvalue weighted by Crippen LogP contribution is 2.32. The summed E-state index contributed by atoms with van der Waals surface area (Å²) in [6.07, 6.45) is 1.28. The number of nitriles is 1. The predicted molar refractivity (Wildman–Crippen MR) is 142 cm³/mol. The molecule has 0 radical (unpaired) electrons. The van der Waals surface area contributed by atoms with Crippen molar-refractivity contribution in [3.8, 4) is 11.8 Å². The number of ketones is 1. The van der Waals surface area contributed by atoms with Gasteiger partial charge in [-0.15, -0.1) is 11.3 Å². The van der Waals surface area contributed by atoms with E-state index in [1.165, 1.54) is 6.08 Å². The first kappa shape index (κ1) is 27.3. The van der Waals surface area contributed by atoms with Crippen molar-refractivity contribution in [1.29, 1.82) is 5.26 Å². The van der Waals surface area contributed by atoms with Gasteiger partial charge in [0.15, 0.2) is 5.78 Å². The number of halogens is 2. The summed E-state index contributed by atoms with van der Waals surface area (Å²) in [5, 5.41) is 9.63. The largest absolute Gasteiger partial charge is 0.495 e. The molecule has 0 saturated heterocycles. The van der Waals surface area contributed by atoms with Crippen LogP contribution in [0.25, 0.3) is 6.08 Å². The Kier molecular flexibility index (Phi) is 10.3. The smallest absolute Gasteiger partial charge is 0.348 e. The number of carbonyl (C=O) groups is 3. The van der Waals surface area contributed by atoms with Crippen LogP contribution in [0.15, 0.2) is 17.7 Å². The SMILES string of the molecule is CCOC(=O)c1sc(CC(=O)/C(C#N)=C/c2cc(I)c(OC)c(I)c2)c(C(=O)OCC)c1C. The molecule has 0 bridgehead atoms. The molecule has 7 nitrogen and oxygen atoms in total. The van der Waals surface area contributed by atoms with Crippen LogP contribution in [0.2, 0.25) is 0 Å². The first-order chi connectivity index (χ1) is 15.7. The second-order valence-electron chi connectivity index (χ2n) is 6.58. The number of esters is 2. The third kappa shape index (κ3) is 6.54. The molecular weight excluding hydrogens is 672 g/mol. The lowest BCUT2D eigenvalue weighted by Crippen LogP contribution is -2.12. The van der Waals surface area contributed by atoms with Gasteiger partial charge in [-0.05, 0) is 95.3 Å². The summed E-state index contributed by atoms with van der Waals surface area (Å²) in [7, 11) is 1.58. The van der Waals surface area contributed by atoms with Crippen LogP contribution in [-0.4, -0.2) is 38.0 Å². The zero-order valence-corrected chi connectivity index (χ0v) is 23.5. The number of allylic oxidation sites excluding steroid dienone is 1. The molecule has 0 unspecified atom stereocenters. The Hall–Kier alpha value is -1.98. The number of Topliss-reactive ketones (excluding diaryl/α,β-unsaturated/α-hetero) is 1. The van der Waals surface area contributed by atoms with E-state index in [-0.39, 0.29) is 35.6 Å². The van der Waals surface area contributed by atoms with Gasteiger partial charge in [0, 0.05) is 11.3 Å². The number of benzene rings is 1. The summed E-state index contributed by atoms with van der Waals surface area (Å²) in [6, 6.07) is 5.57. The summed E-state index contributed by atoms with van der Waals surface area (Å²) in [4.78, 5) is 38.5. The molecule has 10 heteroatoms. The molecule has 0 aliphatic carbocycles. The van der Waals surface area contributed by atoms with Crippen LogP contribution in [0.5, 0.6) is 5.75 Å². The number of thiophene rings is 1. The third-order valence-corrected chi connectivity index (χ3v) is 7.31. The Morgan fingerprint density at radius 1 is 1.09 bits per heavy atom. The topological polar surface area (TPSA) is 103 Å². The van der Waals surface area contributed by atoms with Crippen LogP contribution >= 0.6 is 56.5 Å². The van der Waals surface area contributed by atoms with Crippen molar-refractivity contribution in [2.24, 2.45) is 0 Å². The summed E-state index contributed by atoms with van der Waals surface area (Å²) in [5.41, 5.74) is 1.19. The van der Waals surface area contributed by atoms with Crippen molar-refractivity contribution in [3.05, 3.63) is 51.3 Å². The molecule has 0 atom stereocenters. The van der Waals surface area contributed by atoms with Crippen molar-refractivity contribution in [1.82, 2.24) is 0 Å². The fourth-order valence-corrected chi connectivity index (χ4v) is 6.44. The second kappa shape index (κ2) is 12.5. The number of methoxy groups -OCH3 is 1. The molecule has 2 aromatic rings. The Labute approximate surface area is 223 Å². The van der Waals surface area contributed by atoms with Crippen molar-refractivity contribution in [3.63, 3.8) is 0 Å². The normalized spacial score (nSPS) is 11.0. The lowest BCUT2D eigenvalue weighted by atomic mass is 10.0. The molecule has 0 spiro atoms. The van der Waals surface area contributed by atoms with E-state index in [1.54, 1.807) is 27.9 Å². The molecule has 0 amide bonds. The molecule has 0 aliphatic rings. The molecular formula is C23H21I2NO6S. The maximum atomic E-state index is 13.0. The number of carbonyl (C=O) groups excluding carboxylic acids is 3. The second-order valence-corrected chi connectivity index (χ2v) is 10.0. The van der Waals surface area contributed by atoms with Gasteiger partial charge < -0.3 is 14.2 Å². The number of nitrogens with zero attached hydrogens (tertiary/aromatic N) is 1. The molecule has 0 N–H and O–H groups in total. The maximum Gasteiger partial charge on any atom is 0.348 e. The average Bonchev–Trinajstić information content (AvgIpc) is 3.07. The highest BCUT2D eigenvalue weighted by Gasteiger charge is 2.28. The van der Waals surface area contributed by atoms with E-state index in [9.17, 15) is 19.6 Å². The monoisotopic (exact) mass is 693 g/mol. The minimum Gasteiger partial charge on any atom is -0.495 e. The standard InChI is InChI=1S/C23H21I2NO6S/c1-5-31-22(28)19-12(3)21(23(29)32-6-2)33-18(19)10-17(27)14(11-26)7-13-8-15(24)20(30-4)16(25)9-13/h7-9H,5-6,10H2,1-4H3/b14-7+. The Bertz CT molecular complexity index is 1140. The number of ether oxygens (including phenoxy) is 3. The van der Waals surface area contributed by atoms with Gasteiger partial charge in [0.25, 0.3) is 0 Å². The van der Waals surface area contributed by atoms with E-state index >= 15 is 0 Å². The van der Waals surface area contributed by atoms with E-state index in [4.69, 9.17) is 14.2 Å². The zero-order chi connectivity index (χ0) is 24.7. The highest BCUT2D eigenvalue weighted by molar-refractivity contribution is 14.1. The van der Waals surface area contributed by atoms with Crippen molar-refractivity contribution in [2.75, 3.05) is 20.3 Å². The highest BCUT2D eigenvalue weighted by atomic mass is 127. The number of hydrogen-bond acceptors (Lipinski definition) is 8. The van der Waals surface area contributed by atoms with E-state index < -0.39 is 17.7 Å². The fraction of sp³-hybridized carbons (Fsp3) is 0.304. The average molecular weight is 693 g/mol. The van der Waals surface area contributed by atoms with Crippen LogP contribution < -0.4 is 4.74 Å². The first-order valence-electron chi connectivity index (χ1n) is 9.82. The van der Waals surface area contributed by atoms with Crippen molar-refractivity contribution >= 4 is 80.3 Å². The van der Waals surface area contributed by atoms with Crippen LogP contribution in [0.4, 0.5) is 0 Å². The molecule has 1 aromatic carbocycles. The fourth-order valence-electron chi connectivity index (χ4n) is 3.00. The lowest BCUT2D eigenvalue weighted by molar-refractivity contribution is -0.114. The molecule has 174 valence electrons. The molecule has 0 aliphatic heterocycles.